The highest BCUT2D eigenvalue weighted by Gasteiger charge is 2.56. The highest BCUT2D eigenvalue weighted by atomic mass is 35.5. The molecule has 2 fully saturated rings. The number of aryl methyl sites for hydroxylation is 1. The molecule has 1 unspecified atom stereocenters. The zero-order valence-electron chi connectivity index (χ0n) is 15.7. The van der Waals surface area contributed by atoms with Crippen molar-refractivity contribution in [2.75, 3.05) is 13.1 Å². The first-order chi connectivity index (χ1) is 12.7. The molecule has 144 valence electrons. The van der Waals surface area contributed by atoms with Gasteiger partial charge in [0.1, 0.15) is 17.2 Å². The molecule has 1 aromatic carbocycles. The zero-order chi connectivity index (χ0) is 17.6. The maximum absolute atomic E-state index is 6.12. The molecule has 6 heteroatoms. The number of aromatic nitrogens is 2. The Morgan fingerprint density at radius 2 is 2.07 bits per heavy atom. The first-order valence-electron chi connectivity index (χ1n) is 9.62. The summed E-state index contributed by atoms with van der Waals surface area (Å²) in [6.45, 7) is 4.02. The van der Waals surface area contributed by atoms with Gasteiger partial charge in [0.15, 0.2) is 0 Å². The molecule has 1 saturated heterocycles. The van der Waals surface area contributed by atoms with Gasteiger partial charge in [-0.25, -0.2) is 4.98 Å². The Hall–Kier alpha value is -1.82. The molecule has 2 aliphatic rings. The van der Waals surface area contributed by atoms with Crippen LogP contribution in [0.5, 0.6) is 0 Å². The minimum atomic E-state index is 0. The molecule has 1 spiro atoms. The van der Waals surface area contributed by atoms with Crippen molar-refractivity contribution in [3.05, 3.63) is 54.3 Å². The number of hydrogen-bond donors (Lipinski definition) is 1. The van der Waals surface area contributed by atoms with Gasteiger partial charge in [-0.15, -0.1) is 12.4 Å². The minimum Gasteiger partial charge on any atom is -0.460 e. The van der Waals surface area contributed by atoms with Gasteiger partial charge in [-0.1, -0.05) is 18.2 Å². The molecule has 1 N–H and O–H groups in total. The standard InChI is InChI=1S/C21H26N4O.ClH/c1-24-11-10-23-20(24)15-25(19-13-21(19)6-8-22-9-7-21)14-17-12-16-4-2-3-5-18(16)26-17;/h2-5,10-12,19,22H,6-9,13-15H2,1H3;1H. The SMILES string of the molecule is Cl.Cn1ccnc1CN(Cc1cc2ccccc2o1)C1CC12CCNCC2. The van der Waals surface area contributed by atoms with Crippen molar-refractivity contribution in [3.63, 3.8) is 0 Å². The number of piperidine rings is 1. The lowest BCUT2D eigenvalue weighted by Gasteiger charge is -2.29. The van der Waals surface area contributed by atoms with Crippen molar-refractivity contribution < 1.29 is 4.42 Å². The van der Waals surface area contributed by atoms with Crippen LogP contribution in [0.15, 0.2) is 47.1 Å². The molecule has 3 aromatic rings. The summed E-state index contributed by atoms with van der Waals surface area (Å²) in [6, 6.07) is 11.1. The van der Waals surface area contributed by atoms with Gasteiger partial charge in [0.2, 0.25) is 0 Å². The van der Waals surface area contributed by atoms with E-state index in [1.807, 2.05) is 24.5 Å². The molecular weight excluding hydrogens is 360 g/mol. The monoisotopic (exact) mass is 386 g/mol. The van der Waals surface area contributed by atoms with E-state index in [9.17, 15) is 0 Å². The van der Waals surface area contributed by atoms with E-state index >= 15 is 0 Å². The van der Waals surface area contributed by atoms with Crippen LogP contribution >= 0.6 is 12.4 Å². The molecule has 0 radical (unpaired) electrons. The number of rotatable bonds is 5. The van der Waals surface area contributed by atoms with E-state index in [-0.39, 0.29) is 12.4 Å². The molecule has 5 nitrogen and oxygen atoms in total. The van der Waals surface area contributed by atoms with Gasteiger partial charge >= 0.3 is 0 Å². The number of nitrogens with zero attached hydrogens (tertiary/aromatic N) is 3. The third kappa shape index (κ3) is 3.51. The summed E-state index contributed by atoms with van der Waals surface area (Å²) in [4.78, 5) is 7.15. The molecule has 0 amide bonds. The van der Waals surface area contributed by atoms with E-state index < -0.39 is 0 Å². The first-order valence-corrected chi connectivity index (χ1v) is 9.62. The summed E-state index contributed by atoms with van der Waals surface area (Å²) < 4.78 is 8.25. The Morgan fingerprint density at radius 1 is 1.26 bits per heavy atom. The van der Waals surface area contributed by atoms with Crippen LogP contribution in [-0.4, -0.2) is 33.6 Å². The number of fused-ring (bicyclic) bond motifs is 1. The summed E-state index contributed by atoms with van der Waals surface area (Å²) in [5.74, 6) is 2.17. The van der Waals surface area contributed by atoms with Gasteiger partial charge in [-0.05, 0) is 49.9 Å². The number of benzene rings is 1. The van der Waals surface area contributed by atoms with Crippen molar-refractivity contribution in [2.24, 2.45) is 12.5 Å². The van der Waals surface area contributed by atoms with Gasteiger partial charge in [0.05, 0.1) is 13.1 Å². The molecular formula is C21H27ClN4O. The second-order valence-corrected chi connectivity index (χ2v) is 7.94. The third-order valence-corrected chi connectivity index (χ3v) is 6.29. The fraction of sp³-hybridized carbons (Fsp3) is 0.476. The van der Waals surface area contributed by atoms with Crippen molar-refractivity contribution in [3.8, 4) is 0 Å². The Balaban J connectivity index is 0.00000180. The van der Waals surface area contributed by atoms with Gasteiger partial charge in [0, 0.05) is 30.9 Å². The Morgan fingerprint density at radius 3 is 2.81 bits per heavy atom. The molecule has 2 aromatic heterocycles. The molecule has 3 heterocycles. The van der Waals surface area contributed by atoms with Gasteiger partial charge in [-0.2, -0.15) is 0 Å². The molecule has 1 atom stereocenters. The second-order valence-electron chi connectivity index (χ2n) is 7.94. The first kappa shape index (κ1) is 18.5. The smallest absolute Gasteiger partial charge is 0.134 e. The highest BCUT2D eigenvalue weighted by Crippen LogP contribution is 2.56. The maximum Gasteiger partial charge on any atom is 0.134 e. The fourth-order valence-electron chi connectivity index (χ4n) is 4.63. The highest BCUT2D eigenvalue weighted by molar-refractivity contribution is 5.85. The van der Waals surface area contributed by atoms with Crippen molar-refractivity contribution >= 4 is 23.4 Å². The van der Waals surface area contributed by atoms with Crippen LogP contribution in [0.1, 0.15) is 30.8 Å². The average Bonchev–Trinajstić information content (AvgIpc) is 2.99. The van der Waals surface area contributed by atoms with Crippen LogP contribution in [0.4, 0.5) is 0 Å². The van der Waals surface area contributed by atoms with Crippen LogP contribution < -0.4 is 5.32 Å². The topological polar surface area (TPSA) is 46.2 Å². The van der Waals surface area contributed by atoms with E-state index in [4.69, 9.17) is 4.42 Å². The number of imidazole rings is 1. The summed E-state index contributed by atoms with van der Waals surface area (Å²) in [5, 5.41) is 4.70. The molecule has 1 aliphatic heterocycles. The van der Waals surface area contributed by atoms with E-state index in [0.717, 1.165) is 43.3 Å². The Bertz CT molecular complexity index is 879. The quantitative estimate of drug-likeness (QED) is 0.725. The van der Waals surface area contributed by atoms with Gasteiger partial charge in [0.25, 0.3) is 0 Å². The predicted octanol–water partition coefficient (Wildman–Crippen LogP) is 3.73. The summed E-state index contributed by atoms with van der Waals surface area (Å²) in [5.41, 5.74) is 1.48. The van der Waals surface area contributed by atoms with Crippen molar-refractivity contribution in [1.29, 1.82) is 0 Å². The lowest BCUT2D eigenvalue weighted by atomic mass is 9.93. The lowest BCUT2D eigenvalue weighted by Crippen LogP contribution is -2.36. The Labute approximate surface area is 166 Å². The average molecular weight is 387 g/mol. The van der Waals surface area contributed by atoms with Crippen LogP contribution in [0.25, 0.3) is 11.0 Å². The zero-order valence-corrected chi connectivity index (χ0v) is 16.5. The number of para-hydroxylation sites is 1. The van der Waals surface area contributed by atoms with E-state index in [1.54, 1.807) is 0 Å². The van der Waals surface area contributed by atoms with E-state index in [2.05, 4.69) is 45.0 Å². The van der Waals surface area contributed by atoms with Crippen molar-refractivity contribution in [2.45, 2.75) is 38.4 Å². The van der Waals surface area contributed by atoms with E-state index in [1.165, 1.54) is 24.6 Å². The molecule has 1 aliphatic carbocycles. The predicted molar refractivity (Wildman–Crippen MR) is 109 cm³/mol. The largest absolute Gasteiger partial charge is 0.460 e. The van der Waals surface area contributed by atoms with Crippen LogP contribution in [0, 0.1) is 5.41 Å². The fourth-order valence-corrected chi connectivity index (χ4v) is 4.63. The number of halogens is 1. The second kappa shape index (κ2) is 7.30. The maximum atomic E-state index is 6.12. The Kier molecular flexibility index (Phi) is 5.01. The van der Waals surface area contributed by atoms with Crippen LogP contribution in [-0.2, 0) is 20.1 Å². The molecule has 0 bridgehead atoms. The van der Waals surface area contributed by atoms with Gasteiger partial charge in [-0.3, -0.25) is 4.90 Å². The van der Waals surface area contributed by atoms with Gasteiger partial charge < -0.3 is 14.3 Å². The number of hydrogen-bond acceptors (Lipinski definition) is 4. The minimum absolute atomic E-state index is 0. The number of furan rings is 1. The number of nitrogens with one attached hydrogen (secondary N) is 1. The third-order valence-electron chi connectivity index (χ3n) is 6.29. The summed E-state index contributed by atoms with van der Waals surface area (Å²) in [6.07, 6.45) is 7.80. The summed E-state index contributed by atoms with van der Waals surface area (Å²) in [7, 11) is 2.08. The molecule has 1 saturated carbocycles. The molecule has 5 rings (SSSR count). The molecule has 27 heavy (non-hydrogen) atoms. The van der Waals surface area contributed by atoms with Crippen LogP contribution in [0.2, 0.25) is 0 Å². The summed E-state index contributed by atoms with van der Waals surface area (Å²) >= 11 is 0. The van der Waals surface area contributed by atoms with Crippen molar-refractivity contribution in [1.82, 2.24) is 19.8 Å². The lowest BCUT2D eigenvalue weighted by molar-refractivity contribution is 0.172. The normalized spacial score (nSPS) is 20.9. The van der Waals surface area contributed by atoms with E-state index in [0.29, 0.717) is 11.5 Å². The van der Waals surface area contributed by atoms with Crippen LogP contribution in [0.3, 0.4) is 0 Å².